The second-order valence-corrected chi connectivity index (χ2v) is 9.57. The Morgan fingerprint density at radius 3 is 1.86 bits per heavy atom. The molecule has 4 aromatic rings. The molecule has 5 heteroatoms. The third-order valence-corrected chi connectivity index (χ3v) is 6.74. The van der Waals surface area contributed by atoms with Gasteiger partial charge in [-0.15, -0.1) is 0 Å². The molecule has 0 saturated heterocycles. The molecular weight excluding hydrogens is 462 g/mol. The Morgan fingerprint density at radius 2 is 1.32 bits per heavy atom. The average molecular weight is 494 g/mol. The predicted molar refractivity (Wildman–Crippen MR) is 147 cm³/mol. The maximum atomic E-state index is 13.1. The summed E-state index contributed by atoms with van der Waals surface area (Å²) in [6.45, 7) is 8.21. The van der Waals surface area contributed by atoms with Crippen LogP contribution in [0, 0.1) is 13.8 Å². The zero-order chi connectivity index (χ0) is 26.6. The Balaban J connectivity index is 1.54. The molecule has 0 bridgehead atoms. The minimum atomic E-state index is -0.360. The number of aldehydes is 1. The summed E-state index contributed by atoms with van der Waals surface area (Å²) in [6, 6.07) is 26.7. The molecular formula is C32H31NO4. The number of methoxy groups -OCH3 is 1. The fourth-order valence-electron chi connectivity index (χ4n) is 4.34. The maximum absolute atomic E-state index is 13.1. The Labute approximate surface area is 218 Å². The number of carbonyl (C=O) groups excluding carboxylic acids is 2. The number of hydrogen-bond donors (Lipinski definition) is 1. The van der Waals surface area contributed by atoms with Crippen LogP contribution in [0.4, 0.5) is 5.69 Å². The van der Waals surface area contributed by atoms with Crippen molar-refractivity contribution in [1.29, 1.82) is 0 Å². The minimum Gasteiger partial charge on any atom is -0.497 e. The van der Waals surface area contributed by atoms with Crippen LogP contribution in [-0.2, 0) is 5.41 Å². The van der Waals surface area contributed by atoms with E-state index in [0.29, 0.717) is 23.3 Å². The lowest BCUT2D eigenvalue weighted by atomic mass is 9.78. The zero-order valence-corrected chi connectivity index (χ0v) is 21.8. The molecule has 0 atom stereocenters. The van der Waals surface area contributed by atoms with Crippen molar-refractivity contribution in [2.24, 2.45) is 0 Å². The Morgan fingerprint density at radius 1 is 0.784 bits per heavy atom. The van der Waals surface area contributed by atoms with Gasteiger partial charge in [-0.3, -0.25) is 9.59 Å². The van der Waals surface area contributed by atoms with Gasteiger partial charge in [-0.2, -0.15) is 0 Å². The molecule has 0 radical (unpaired) electrons. The third-order valence-electron chi connectivity index (χ3n) is 6.74. The number of aryl methyl sites for hydroxylation is 2. The van der Waals surface area contributed by atoms with E-state index >= 15 is 0 Å². The van der Waals surface area contributed by atoms with Gasteiger partial charge >= 0.3 is 0 Å². The highest BCUT2D eigenvalue weighted by Gasteiger charge is 2.23. The second kappa shape index (κ2) is 10.7. The van der Waals surface area contributed by atoms with E-state index in [1.165, 1.54) is 5.56 Å². The number of nitrogens with one attached hydrogen (secondary N) is 1. The van der Waals surface area contributed by atoms with E-state index in [9.17, 15) is 9.59 Å². The molecule has 188 valence electrons. The molecule has 0 spiro atoms. The van der Waals surface area contributed by atoms with Gasteiger partial charge in [-0.25, -0.2) is 0 Å². The molecule has 0 aliphatic carbocycles. The van der Waals surface area contributed by atoms with Crippen LogP contribution in [0.3, 0.4) is 0 Å². The highest BCUT2D eigenvalue weighted by atomic mass is 16.5. The van der Waals surface area contributed by atoms with Crippen LogP contribution in [0.1, 0.15) is 56.8 Å². The number of ether oxygens (including phenoxy) is 2. The highest BCUT2D eigenvalue weighted by molar-refractivity contribution is 6.09. The molecule has 0 fully saturated rings. The van der Waals surface area contributed by atoms with Crippen LogP contribution in [0.5, 0.6) is 17.2 Å². The first-order valence-electron chi connectivity index (χ1n) is 12.1. The summed E-state index contributed by atoms with van der Waals surface area (Å²) < 4.78 is 11.3. The molecule has 4 aromatic carbocycles. The topological polar surface area (TPSA) is 64.6 Å². The summed E-state index contributed by atoms with van der Waals surface area (Å²) in [7, 11) is 1.66. The minimum absolute atomic E-state index is 0.213. The van der Waals surface area contributed by atoms with Crippen LogP contribution >= 0.6 is 0 Å². The van der Waals surface area contributed by atoms with Gasteiger partial charge in [0.1, 0.15) is 17.2 Å². The van der Waals surface area contributed by atoms with Crippen LogP contribution in [0.25, 0.3) is 0 Å². The molecule has 37 heavy (non-hydrogen) atoms. The number of benzene rings is 4. The van der Waals surface area contributed by atoms with E-state index in [1.807, 2.05) is 68.4 Å². The van der Waals surface area contributed by atoms with E-state index in [-0.39, 0.29) is 16.9 Å². The molecule has 4 rings (SSSR count). The summed E-state index contributed by atoms with van der Waals surface area (Å²) in [5.74, 6) is 1.57. The molecule has 0 aliphatic heterocycles. The van der Waals surface area contributed by atoms with E-state index in [2.05, 4.69) is 31.3 Å². The van der Waals surface area contributed by atoms with Gasteiger partial charge in [0.25, 0.3) is 5.91 Å². The molecule has 0 heterocycles. The van der Waals surface area contributed by atoms with Crippen LogP contribution in [0.15, 0.2) is 84.9 Å². The summed E-state index contributed by atoms with van der Waals surface area (Å²) in [5, 5.41) is 2.95. The predicted octanol–water partition coefficient (Wildman–Crippen LogP) is 7.50. The zero-order valence-electron chi connectivity index (χ0n) is 21.8. The van der Waals surface area contributed by atoms with Gasteiger partial charge < -0.3 is 14.8 Å². The van der Waals surface area contributed by atoms with Crippen molar-refractivity contribution in [1.82, 2.24) is 0 Å². The maximum Gasteiger partial charge on any atom is 0.256 e. The van der Waals surface area contributed by atoms with Crippen molar-refractivity contribution in [3.63, 3.8) is 0 Å². The quantitative estimate of drug-likeness (QED) is 0.258. The smallest absolute Gasteiger partial charge is 0.256 e. The van der Waals surface area contributed by atoms with E-state index in [0.717, 1.165) is 28.1 Å². The van der Waals surface area contributed by atoms with Crippen molar-refractivity contribution in [3.05, 3.63) is 118 Å². The lowest BCUT2D eigenvalue weighted by Crippen LogP contribution is -2.18. The Hall–Kier alpha value is -4.38. The standard InChI is InChI=1S/C32H31NO4/c1-21-7-6-8-22(2)30(21)33-31(35)29-19-28(14-9-23(29)20-34)37-27-17-12-25(13-18-27)32(3,4)24-10-15-26(36-5)16-11-24/h6-20H,1-5H3,(H,33,35). The van der Waals surface area contributed by atoms with Crippen molar-refractivity contribution < 1.29 is 19.1 Å². The number of carbonyl (C=O) groups is 2. The number of para-hydroxylation sites is 1. The first-order valence-corrected chi connectivity index (χ1v) is 12.1. The molecule has 0 aliphatic rings. The van der Waals surface area contributed by atoms with Gasteiger partial charge in [0.05, 0.1) is 12.7 Å². The highest BCUT2D eigenvalue weighted by Crippen LogP contribution is 2.34. The van der Waals surface area contributed by atoms with Crippen LogP contribution < -0.4 is 14.8 Å². The Bertz CT molecular complexity index is 1400. The van der Waals surface area contributed by atoms with Gasteiger partial charge in [0.15, 0.2) is 6.29 Å². The number of rotatable bonds is 8. The van der Waals surface area contributed by atoms with Crippen molar-refractivity contribution >= 4 is 17.9 Å². The van der Waals surface area contributed by atoms with E-state index in [1.54, 1.807) is 25.3 Å². The van der Waals surface area contributed by atoms with Crippen molar-refractivity contribution in [2.75, 3.05) is 12.4 Å². The average Bonchev–Trinajstić information content (AvgIpc) is 2.91. The van der Waals surface area contributed by atoms with Crippen LogP contribution in [0.2, 0.25) is 0 Å². The molecule has 5 nitrogen and oxygen atoms in total. The number of anilines is 1. The first kappa shape index (κ1) is 25.7. The third kappa shape index (κ3) is 5.56. The largest absolute Gasteiger partial charge is 0.497 e. The lowest BCUT2D eigenvalue weighted by molar-refractivity contribution is 0.101. The summed E-state index contributed by atoms with van der Waals surface area (Å²) in [6.07, 6.45) is 0.680. The number of hydrogen-bond acceptors (Lipinski definition) is 4. The molecule has 0 saturated carbocycles. The van der Waals surface area contributed by atoms with Gasteiger partial charge in [0.2, 0.25) is 0 Å². The molecule has 0 unspecified atom stereocenters. The van der Waals surface area contributed by atoms with Crippen molar-refractivity contribution in [3.8, 4) is 17.2 Å². The normalized spacial score (nSPS) is 11.1. The van der Waals surface area contributed by atoms with Gasteiger partial charge in [0, 0.05) is 16.7 Å². The number of amides is 1. The first-order chi connectivity index (χ1) is 17.7. The fraction of sp³-hybridized carbons (Fsp3) is 0.188. The van der Waals surface area contributed by atoms with Gasteiger partial charge in [-0.05, 0) is 78.6 Å². The van der Waals surface area contributed by atoms with Gasteiger partial charge in [-0.1, -0.05) is 56.3 Å². The lowest BCUT2D eigenvalue weighted by Gasteiger charge is -2.26. The van der Waals surface area contributed by atoms with Crippen LogP contribution in [-0.4, -0.2) is 19.3 Å². The summed E-state index contributed by atoms with van der Waals surface area (Å²) in [4.78, 5) is 24.7. The van der Waals surface area contributed by atoms with Crippen molar-refractivity contribution in [2.45, 2.75) is 33.1 Å². The van der Waals surface area contributed by atoms with E-state index < -0.39 is 0 Å². The Kier molecular flexibility index (Phi) is 7.44. The molecule has 1 amide bonds. The monoisotopic (exact) mass is 493 g/mol. The van der Waals surface area contributed by atoms with E-state index in [4.69, 9.17) is 9.47 Å². The SMILES string of the molecule is COc1ccc(C(C)(C)c2ccc(Oc3ccc(C=O)c(C(=O)Nc4c(C)cccc4C)c3)cc2)cc1. The fourth-order valence-corrected chi connectivity index (χ4v) is 4.34. The second-order valence-electron chi connectivity index (χ2n) is 9.57. The molecule has 0 aromatic heterocycles. The molecule has 1 N–H and O–H groups in total. The summed E-state index contributed by atoms with van der Waals surface area (Å²) >= 11 is 0. The summed E-state index contributed by atoms with van der Waals surface area (Å²) in [5.41, 5.74) is 5.29.